The van der Waals surface area contributed by atoms with Gasteiger partial charge in [-0.2, -0.15) is 0 Å². The van der Waals surface area contributed by atoms with Crippen LogP contribution >= 0.6 is 0 Å². The van der Waals surface area contributed by atoms with Crippen LogP contribution in [-0.2, 0) is 68.2 Å². The van der Waals surface area contributed by atoms with E-state index in [9.17, 15) is 9.59 Å². The highest BCUT2D eigenvalue weighted by molar-refractivity contribution is 5.69. The van der Waals surface area contributed by atoms with Gasteiger partial charge in [0.2, 0.25) is 0 Å². The van der Waals surface area contributed by atoms with E-state index in [4.69, 9.17) is 56.8 Å². The molecule has 0 saturated carbocycles. The molecule has 0 aliphatic heterocycles. The number of unbranched alkanes of at least 4 members (excludes halogenated alkanes) is 3. The number of carbonyl (C=O) groups excluding carboxylic acids is 2. The zero-order valence-electron chi connectivity index (χ0n) is 31.4. The Hall–Kier alpha value is -2.44. The molecule has 0 unspecified atom stereocenters. The summed E-state index contributed by atoms with van der Waals surface area (Å²) in [6.07, 6.45) is 4.27. The Kier molecular flexibility index (Phi) is 36.4. The summed E-state index contributed by atoms with van der Waals surface area (Å²) in [4.78, 5) is 23.2. The van der Waals surface area contributed by atoms with Crippen LogP contribution in [0.3, 0.4) is 0 Å². The molecule has 0 atom stereocenters. The van der Waals surface area contributed by atoms with E-state index in [1.807, 2.05) is 30.3 Å². The third-order valence-electron chi connectivity index (χ3n) is 6.80. The van der Waals surface area contributed by atoms with Gasteiger partial charge in [0.1, 0.15) is 13.2 Å². The van der Waals surface area contributed by atoms with Gasteiger partial charge in [-0.1, -0.05) is 56.5 Å². The zero-order valence-corrected chi connectivity index (χ0v) is 31.4. The molecule has 0 aliphatic rings. The van der Waals surface area contributed by atoms with Crippen molar-refractivity contribution in [3.8, 4) is 0 Å². The Morgan fingerprint density at radius 3 is 1.25 bits per heavy atom. The van der Waals surface area contributed by atoms with Crippen LogP contribution in [0.25, 0.3) is 0 Å². The maximum absolute atomic E-state index is 11.6. The van der Waals surface area contributed by atoms with E-state index >= 15 is 0 Å². The second kappa shape index (κ2) is 39.8. The Morgan fingerprint density at radius 2 is 0.846 bits per heavy atom. The van der Waals surface area contributed by atoms with E-state index in [0.717, 1.165) is 31.2 Å². The van der Waals surface area contributed by atoms with E-state index in [1.165, 1.54) is 0 Å². The highest BCUT2D eigenvalue weighted by Crippen LogP contribution is 2.03. The van der Waals surface area contributed by atoms with Gasteiger partial charge in [0.25, 0.3) is 0 Å². The van der Waals surface area contributed by atoms with Gasteiger partial charge in [-0.15, -0.1) is 0 Å². The molecular weight excluding hydrogens is 682 g/mol. The Bertz CT molecular complexity index is 898. The van der Waals surface area contributed by atoms with Crippen molar-refractivity contribution in [1.82, 2.24) is 5.32 Å². The van der Waals surface area contributed by atoms with Crippen molar-refractivity contribution in [3.05, 3.63) is 35.9 Å². The maximum atomic E-state index is 11.6. The summed E-state index contributed by atoms with van der Waals surface area (Å²) in [6, 6.07) is 9.50. The number of benzene rings is 1. The van der Waals surface area contributed by atoms with E-state index < -0.39 is 6.09 Å². The molecule has 1 aromatic carbocycles. The molecule has 302 valence electrons. The van der Waals surface area contributed by atoms with Gasteiger partial charge in [-0.05, 0) is 12.0 Å². The molecule has 0 radical (unpaired) electrons. The highest BCUT2D eigenvalue weighted by atomic mass is 16.6. The van der Waals surface area contributed by atoms with Crippen molar-refractivity contribution >= 4 is 12.1 Å². The van der Waals surface area contributed by atoms with Gasteiger partial charge in [0, 0.05) is 13.0 Å². The third kappa shape index (κ3) is 35.9. The molecule has 1 N–H and O–H groups in total. The van der Waals surface area contributed by atoms with Crippen molar-refractivity contribution in [3.63, 3.8) is 0 Å². The predicted octanol–water partition coefficient (Wildman–Crippen LogP) is 3.59. The van der Waals surface area contributed by atoms with Gasteiger partial charge in [-0.25, -0.2) is 4.79 Å². The first kappa shape index (κ1) is 47.6. The monoisotopic (exact) mass is 747 g/mol. The molecule has 0 aliphatic carbocycles. The second-order valence-corrected chi connectivity index (χ2v) is 11.1. The van der Waals surface area contributed by atoms with Crippen molar-refractivity contribution in [2.45, 2.75) is 45.6 Å². The van der Waals surface area contributed by atoms with Gasteiger partial charge >= 0.3 is 12.1 Å². The van der Waals surface area contributed by atoms with Crippen LogP contribution in [0, 0.1) is 0 Å². The number of alkyl carbamates (subject to hydrolysis) is 1. The molecule has 52 heavy (non-hydrogen) atoms. The molecule has 0 heterocycles. The fourth-order valence-electron chi connectivity index (χ4n) is 4.06. The minimum Gasteiger partial charge on any atom is -0.463 e. The number of hydrogen-bond donors (Lipinski definition) is 1. The van der Waals surface area contributed by atoms with Crippen molar-refractivity contribution in [2.24, 2.45) is 0 Å². The van der Waals surface area contributed by atoms with Gasteiger partial charge in [0.05, 0.1) is 132 Å². The first-order chi connectivity index (χ1) is 25.7. The molecular formula is C37H65NO14. The minimum absolute atomic E-state index is 0.157. The smallest absolute Gasteiger partial charge is 0.407 e. The molecule has 1 aromatic rings. The van der Waals surface area contributed by atoms with E-state index in [2.05, 4.69) is 12.2 Å². The van der Waals surface area contributed by atoms with Crippen molar-refractivity contribution in [2.75, 3.05) is 145 Å². The van der Waals surface area contributed by atoms with Gasteiger partial charge in [0.15, 0.2) is 0 Å². The summed E-state index contributed by atoms with van der Waals surface area (Å²) >= 11 is 0. The summed E-state index contributed by atoms with van der Waals surface area (Å²) in [6.45, 7) is 12.3. The van der Waals surface area contributed by atoms with Gasteiger partial charge in [-0.3, -0.25) is 4.79 Å². The highest BCUT2D eigenvalue weighted by Gasteiger charge is 2.03. The minimum atomic E-state index is -0.472. The molecule has 0 fully saturated rings. The number of esters is 1. The number of ether oxygens (including phenoxy) is 12. The fraction of sp³-hybridized carbons (Fsp3) is 0.784. The summed E-state index contributed by atoms with van der Waals surface area (Å²) in [5.41, 5.74) is 0.935. The lowest BCUT2D eigenvalue weighted by Crippen LogP contribution is -2.28. The molecule has 0 saturated heterocycles. The van der Waals surface area contributed by atoms with Crippen molar-refractivity contribution in [1.29, 1.82) is 0 Å². The lowest BCUT2D eigenvalue weighted by atomic mass is 10.2. The summed E-state index contributed by atoms with van der Waals surface area (Å²) in [5, 5.41) is 2.64. The van der Waals surface area contributed by atoms with Crippen LogP contribution < -0.4 is 5.32 Å². The van der Waals surface area contributed by atoms with Crippen LogP contribution in [0.5, 0.6) is 0 Å². The van der Waals surface area contributed by atoms with E-state index in [0.29, 0.717) is 145 Å². The number of amides is 1. The lowest BCUT2D eigenvalue weighted by Gasteiger charge is -2.09. The number of nitrogens with one attached hydrogen (secondary N) is 1. The quantitative estimate of drug-likeness (QED) is 0.0768. The second-order valence-electron chi connectivity index (χ2n) is 11.1. The van der Waals surface area contributed by atoms with E-state index in [1.54, 1.807) is 0 Å². The Labute approximate surface area is 310 Å². The molecule has 0 spiro atoms. The fourth-order valence-corrected chi connectivity index (χ4v) is 4.06. The average Bonchev–Trinajstić information content (AvgIpc) is 3.16. The Morgan fingerprint density at radius 1 is 0.462 bits per heavy atom. The summed E-state index contributed by atoms with van der Waals surface area (Å²) in [5.74, 6) is -0.157. The maximum Gasteiger partial charge on any atom is 0.407 e. The van der Waals surface area contributed by atoms with Crippen LogP contribution in [0.15, 0.2) is 30.3 Å². The first-order valence-corrected chi connectivity index (χ1v) is 18.6. The van der Waals surface area contributed by atoms with Crippen LogP contribution in [0.4, 0.5) is 4.79 Å². The third-order valence-corrected chi connectivity index (χ3v) is 6.80. The summed E-state index contributed by atoms with van der Waals surface area (Å²) in [7, 11) is 0. The largest absolute Gasteiger partial charge is 0.463 e. The molecule has 15 nitrogen and oxygen atoms in total. The topological polar surface area (TPSA) is 157 Å². The Balaban J connectivity index is 1.64. The number of carbonyl (C=O) groups is 2. The molecule has 1 rings (SSSR count). The molecule has 15 heteroatoms. The zero-order chi connectivity index (χ0) is 37.3. The van der Waals surface area contributed by atoms with E-state index in [-0.39, 0.29) is 19.2 Å². The normalized spacial score (nSPS) is 11.2. The standard InChI is InChI=1S/C37H65NO14/c1-2-3-4-8-11-36(39)51-33-32-50-31-30-49-29-28-48-27-26-47-25-24-46-23-22-45-21-20-44-19-18-43-17-16-42-15-14-41-13-12-38-37(40)52-34-35-9-6-5-7-10-35/h5-7,9-10H,2-4,8,11-34H2,1H3,(H,38,40). The SMILES string of the molecule is CCCCCCC(=O)OCCOCCOCCOCCOCCOCCOCCOCCOCCOCCOCCNC(=O)OCc1ccccc1. The van der Waals surface area contributed by atoms with Crippen LogP contribution in [0.2, 0.25) is 0 Å². The van der Waals surface area contributed by atoms with Crippen LogP contribution in [-0.4, -0.2) is 157 Å². The molecule has 1 amide bonds. The number of hydrogen-bond acceptors (Lipinski definition) is 14. The molecule has 0 aromatic heterocycles. The molecule has 0 bridgehead atoms. The summed E-state index contributed by atoms with van der Waals surface area (Å²) < 4.78 is 64.8. The average molecular weight is 748 g/mol. The predicted molar refractivity (Wildman–Crippen MR) is 193 cm³/mol. The lowest BCUT2D eigenvalue weighted by molar-refractivity contribution is -0.145. The number of rotatable bonds is 40. The van der Waals surface area contributed by atoms with Gasteiger partial charge < -0.3 is 62.2 Å². The van der Waals surface area contributed by atoms with Crippen molar-refractivity contribution < 1.29 is 66.4 Å². The van der Waals surface area contributed by atoms with Crippen LogP contribution in [0.1, 0.15) is 44.6 Å². The first-order valence-electron chi connectivity index (χ1n) is 18.6.